The summed E-state index contributed by atoms with van der Waals surface area (Å²) < 4.78 is 4.99. The van der Waals surface area contributed by atoms with Crippen molar-refractivity contribution in [2.75, 3.05) is 33.3 Å². The van der Waals surface area contributed by atoms with Gasteiger partial charge in [-0.15, -0.1) is 0 Å². The molecule has 1 amide bonds. The van der Waals surface area contributed by atoms with Crippen LogP contribution in [0.25, 0.3) is 0 Å². The minimum Gasteiger partial charge on any atom is -0.372 e. The Morgan fingerprint density at radius 3 is 2.92 bits per heavy atom. The molecule has 0 aromatic rings. The van der Waals surface area contributed by atoms with Crippen molar-refractivity contribution in [3.8, 4) is 0 Å². The van der Waals surface area contributed by atoms with Gasteiger partial charge in [-0.3, -0.25) is 4.79 Å². The van der Waals surface area contributed by atoms with Crippen molar-refractivity contribution in [1.29, 1.82) is 0 Å². The summed E-state index contributed by atoms with van der Waals surface area (Å²) in [7, 11) is 1.57. The highest BCUT2D eigenvalue weighted by Crippen LogP contribution is 2.01. The molecule has 13 heavy (non-hydrogen) atoms. The first-order valence-electron chi connectivity index (χ1n) is 4.78. The zero-order valence-electron chi connectivity index (χ0n) is 8.38. The van der Waals surface area contributed by atoms with Crippen molar-refractivity contribution in [1.82, 2.24) is 10.2 Å². The molecule has 4 nitrogen and oxygen atoms in total. The smallest absolute Gasteiger partial charge is 0.251 e. The van der Waals surface area contributed by atoms with Gasteiger partial charge in [0.25, 0.3) is 5.91 Å². The maximum absolute atomic E-state index is 11.7. The molecule has 0 aromatic carbocycles. The van der Waals surface area contributed by atoms with Gasteiger partial charge in [-0.25, -0.2) is 0 Å². The topological polar surface area (TPSA) is 41.6 Å². The largest absolute Gasteiger partial charge is 0.372 e. The van der Waals surface area contributed by atoms with Crippen LogP contribution < -0.4 is 5.32 Å². The monoisotopic (exact) mass is 186 g/mol. The highest BCUT2D eigenvalue weighted by atomic mass is 16.5. The average Bonchev–Trinajstić information content (AvgIpc) is 2.43. The summed E-state index contributed by atoms with van der Waals surface area (Å²) >= 11 is 0. The quantitative estimate of drug-likeness (QED) is 0.651. The minimum atomic E-state index is -0.307. The molecule has 1 saturated heterocycles. The fourth-order valence-corrected chi connectivity index (χ4v) is 1.42. The van der Waals surface area contributed by atoms with E-state index in [9.17, 15) is 4.79 Å². The molecule has 4 heteroatoms. The summed E-state index contributed by atoms with van der Waals surface area (Å²) in [6.45, 7) is 5.33. The number of ether oxygens (including phenoxy) is 1. The van der Waals surface area contributed by atoms with E-state index in [2.05, 4.69) is 5.32 Å². The molecule has 0 bridgehead atoms. The van der Waals surface area contributed by atoms with E-state index in [-0.39, 0.29) is 12.0 Å². The van der Waals surface area contributed by atoms with Gasteiger partial charge in [0.15, 0.2) is 0 Å². The van der Waals surface area contributed by atoms with Crippen molar-refractivity contribution >= 4 is 5.91 Å². The Labute approximate surface area is 79.2 Å². The standard InChI is InChI=1S/C9H18N2O2/c1-8(13-2)9(12)11-6-3-4-10-5-7-11/h8,10H,3-7H2,1-2H3. The van der Waals surface area contributed by atoms with E-state index < -0.39 is 0 Å². The number of carbonyl (C=O) groups excluding carboxylic acids is 1. The third kappa shape index (κ3) is 2.97. The summed E-state index contributed by atoms with van der Waals surface area (Å²) in [5.74, 6) is 0.103. The fraction of sp³-hybridized carbons (Fsp3) is 0.889. The maximum Gasteiger partial charge on any atom is 0.251 e. The van der Waals surface area contributed by atoms with Crippen LogP contribution in [0.1, 0.15) is 13.3 Å². The summed E-state index contributed by atoms with van der Waals surface area (Å²) in [6.07, 6.45) is 0.723. The van der Waals surface area contributed by atoms with Gasteiger partial charge < -0.3 is 15.0 Å². The Morgan fingerprint density at radius 1 is 1.46 bits per heavy atom. The van der Waals surface area contributed by atoms with E-state index in [4.69, 9.17) is 4.74 Å². The normalized spacial score (nSPS) is 20.9. The molecule has 0 radical (unpaired) electrons. The molecule has 1 aliphatic heterocycles. The summed E-state index contributed by atoms with van der Waals surface area (Å²) in [5, 5.41) is 3.25. The predicted octanol–water partition coefficient (Wildman–Crippen LogP) is -0.157. The lowest BCUT2D eigenvalue weighted by Crippen LogP contribution is -2.40. The lowest BCUT2D eigenvalue weighted by molar-refractivity contribution is -0.140. The molecule has 1 unspecified atom stereocenters. The molecule has 1 fully saturated rings. The molecule has 1 atom stereocenters. The van der Waals surface area contributed by atoms with Crippen molar-refractivity contribution in [3.05, 3.63) is 0 Å². The number of methoxy groups -OCH3 is 1. The molecular weight excluding hydrogens is 168 g/mol. The molecule has 0 spiro atoms. The predicted molar refractivity (Wildman–Crippen MR) is 50.5 cm³/mol. The first-order valence-corrected chi connectivity index (χ1v) is 4.78. The zero-order valence-corrected chi connectivity index (χ0v) is 8.38. The third-order valence-electron chi connectivity index (χ3n) is 2.35. The molecule has 1 heterocycles. The van der Waals surface area contributed by atoms with Crippen molar-refractivity contribution < 1.29 is 9.53 Å². The average molecular weight is 186 g/mol. The van der Waals surface area contributed by atoms with E-state index in [0.29, 0.717) is 0 Å². The van der Waals surface area contributed by atoms with E-state index in [1.54, 1.807) is 14.0 Å². The lowest BCUT2D eigenvalue weighted by Gasteiger charge is -2.22. The molecule has 1 rings (SSSR count). The van der Waals surface area contributed by atoms with E-state index >= 15 is 0 Å². The van der Waals surface area contributed by atoms with E-state index in [1.807, 2.05) is 4.90 Å². The Morgan fingerprint density at radius 2 is 2.23 bits per heavy atom. The Kier molecular flexibility index (Phi) is 4.18. The van der Waals surface area contributed by atoms with Crippen molar-refractivity contribution in [2.24, 2.45) is 0 Å². The van der Waals surface area contributed by atoms with Crippen LogP contribution in [-0.4, -0.2) is 50.2 Å². The minimum absolute atomic E-state index is 0.103. The number of hydrogen-bond donors (Lipinski definition) is 1. The SMILES string of the molecule is COC(C)C(=O)N1CCCNCC1. The van der Waals surface area contributed by atoms with Gasteiger partial charge >= 0.3 is 0 Å². The number of rotatable bonds is 2. The van der Waals surface area contributed by atoms with Crippen LogP contribution in [0, 0.1) is 0 Å². The van der Waals surface area contributed by atoms with Crippen LogP contribution in [0.2, 0.25) is 0 Å². The molecule has 0 saturated carbocycles. The van der Waals surface area contributed by atoms with Gasteiger partial charge in [0.05, 0.1) is 0 Å². The fourth-order valence-electron chi connectivity index (χ4n) is 1.42. The Bertz CT molecular complexity index is 165. The Hall–Kier alpha value is -0.610. The van der Waals surface area contributed by atoms with Gasteiger partial charge in [0.2, 0.25) is 0 Å². The highest BCUT2D eigenvalue weighted by Gasteiger charge is 2.20. The van der Waals surface area contributed by atoms with Crippen LogP contribution in [-0.2, 0) is 9.53 Å². The summed E-state index contributed by atoms with van der Waals surface area (Å²) in [6, 6.07) is 0. The molecule has 1 aliphatic rings. The molecule has 1 N–H and O–H groups in total. The van der Waals surface area contributed by atoms with Crippen LogP contribution in [0.5, 0.6) is 0 Å². The molecule has 0 aromatic heterocycles. The third-order valence-corrected chi connectivity index (χ3v) is 2.35. The molecule has 0 aliphatic carbocycles. The Balaban J connectivity index is 2.43. The van der Waals surface area contributed by atoms with Gasteiger partial charge in [0, 0.05) is 26.7 Å². The number of nitrogens with one attached hydrogen (secondary N) is 1. The number of carbonyl (C=O) groups is 1. The van der Waals surface area contributed by atoms with Gasteiger partial charge in [0.1, 0.15) is 6.10 Å². The van der Waals surface area contributed by atoms with Crippen molar-refractivity contribution in [2.45, 2.75) is 19.4 Å². The second-order valence-electron chi connectivity index (χ2n) is 3.31. The van der Waals surface area contributed by atoms with Crippen molar-refractivity contribution in [3.63, 3.8) is 0 Å². The first kappa shape index (κ1) is 10.5. The number of amides is 1. The second kappa shape index (κ2) is 5.19. The number of hydrogen-bond acceptors (Lipinski definition) is 3. The maximum atomic E-state index is 11.7. The number of nitrogens with zero attached hydrogens (tertiary/aromatic N) is 1. The van der Waals surface area contributed by atoms with Gasteiger partial charge in [-0.05, 0) is 19.9 Å². The zero-order chi connectivity index (χ0) is 9.68. The van der Waals surface area contributed by atoms with Gasteiger partial charge in [-0.2, -0.15) is 0 Å². The first-order chi connectivity index (χ1) is 6.25. The van der Waals surface area contributed by atoms with E-state index in [1.165, 1.54) is 0 Å². The molecular formula is C9H18N2O2. The van der Waals surface area contributed by atoms with Crippen LogP contribution in [0.15, 0.2) is 0 Å². The highest BCUT2D eigenvalue weighted by molar-refractivity contribution is 5.80. The summed E-state index contributed by atoms with van der Waals surface area (Å²) in [4.78, 5) is 13.5. The van der Waals surface area contributed by atoms with E-state index in [0.717, 1.165) is 32.6 Å². The summed E-state index contributed by atoms with van der Waals surface area (Å²) in [5.41, 5.74) is 0. The molecule has 76 valence electrons. The van der Waals surface area contributed by atoms with Crippen LogP contribution >= 0.6 is 0 Å². The second-order valence-corrected chi connectivity index (χ2v) is 3.31. The van der Waals surface area contributed by atoms with Crippen LogP contribution in [0.4, 0.5) is 0 Å². The lowest BCUT2D eigenvalue weighted by atomic mass is 10.3. The van der Waals surface area contributed by atoms with Gasteiger partial charge in [-0.1, -0.05) is 0 Å². The van der Waals surface area contributed by atoms with Crippen LogP contribution in [0.3, 0.4) is 0 Å².